The predicted octanol–water partition coefficient (Wildman–Crippen LogP) is 3.98. The van der Waals surface area contributed by atoms with E-state index in [4.69, 9.17) is 9.57 Å². The normalized spacial score (nSPS) is 11.5. The smallest absolute Gasteiger partial charge is 0.336 e. The number of oxime groups is 1. The minimum atomic E-state index is -0.441. The number of rotatable bonds is 5. The molecule has 0 bridgehead atoms. The third-order valence-corrected chi connectivity index (χ3v) is 3.20. The quantitative estimate of drug-likeness (QED) is 0.276. The summed E-state index contributed by atoms with van der Waals surface area (Å²) >= 11 is 0. The van der Waals surface area contributed by atoms with Crippen molar-refractivity contribution in [2.45, 2.75) is 13.8 Å². The van der Waals surface area contributed by atoms with Crippen LogP contribution in [-0.2, 0) is 9.63 Å². The van der Waals surface area contributed by atoms with Crippen molar-refractivity contribution in [1.82, 2.24) is 0 Å². The van der Waals surface area contributed by atoms with Crippen LogP contribution in [0.3, 0.4) is 0 Å². The molecule has 118 valence electrons. The Morgan fingerprint density at radius 2 is 1.78 bits per heavy atom. The van der Waals surface area contributed by atoms with Gasteiger partial charge in [0.2, 0.25) is 0 Å². The van der Waals surface area contributed by atoms with E-state index in [1.807, 2.05) is 43.3 Å². The van der Waals surface area contributed by atoms with E-state index >= 15 is 0 Å². The third-order valence-electron chi connectivity index (χ3n) is 3.20. The Labute approximate surface area is 136 Å². The molecule has 0 atom stereocenters. The van der Waals surface area contributed by atoms with Gasteiger partial charge in [0.15, 0.2) is 0 Å². The van der Waals surface area contributed by atoms with Crippen molar-refractivity contribution in [3.8, 4) is 5.75 Å². The lowest BCUT2D eigenvalue weighted by molar-refractivity contribution is -0.128. The molecule has 2 rings (SSSR count). The number of hydrogen-bond acceptors (Lipinski definition) is 4. The van der Waals surface area contributed by atoms with E-state index in [2.05, 4.69) is 5.16 Å². The minimum Gasteiger partial charge on any atom is -0.423 e. The van der Waals surface area contributed by atoms with Crippen LogP contribution in [-0.4, -0.2) is 18.8 Å². The van der Waals surface area contributed by atoms with Gasteiger partial charge in [0, 0.05) is 11.6 Å². The number of hydrogen-bond donors (Lipinski definition) is 0. The summed E-state index contributed by atoms with van der Waals surface area (Å²) in [5.74, 6) is 0.00704. The molecule has 2 aromatic rings. The molecule has 0 N–H and O–H groups in total. The number of carbonyl (C=O) groups excluding carboxylic acids is 1. The molecular formula is C19H19NO3. The Morgan fingerprint density at radius 3 is 2.48 bits per heavy atom. The van der Waals surface area contributed by atoms with Gasteiger partial charge in [-0.05, 0) is 37.6 Å². The molecule has 2 aromatic carbocycles. The van der Waals surface area contributed by atoms with Gasteiger partial charge >= 0.3 is 5.97 Å². The Hall–Kier alpha value is -2.88. The van der Waals surface area contributed by atoms with Crippen molar-refractivity contribution >= 4 is 17.8 Å². The SMILES string of the molecule is CO/N=C(\C)c1ccccc1OC(=O)/C=C/c1ccc(C)cc1. The van der Waals surface area contributed by atoms with Gasteiger partial charge in [0.05, 0.1) is 5.71 Å². The molecule has 0 aliphatic heterocycles. The van der Waals surface area contributed by atoms with Gasteiger partial charge in [-0.15, -0.1) is 0 Å². The molecule has 0 fully saturated rings. The zero-order chi connectivity index (χ0) is 16.7. The molecule has 0 spiro atoms. The highest BCUT2D eigenvalue weighted by molar-refractivity contribution is 6.01. The maximum Gasteiger partial charge on any atom is 0.336 e. The number of benzene rings is 2. The maximum atomic E-state index is 12.0. The summed E-state index contributed by atoms with van der Waals surface area (Å²) in [5.41, 5.74) is 3.47. The lowest BCUT2D eigenvalue weighted by Gasteiger charge is -2.07. The third kappa shape index (κ3) is 4.81. The topological polar surface area (TPSA) is 47.9 Å². The standard InChI is InChI=1S/C19H19NO3/c1-14-8-10-16(11-9-14)12-13-19(21)23-18-7-5-4-6-17(18)15(2)20-22-3/h4-13H,1-3H3/b13-12+,20-15+. The first-order valence-corrected chi connectivity index (χ1v) is 7.24. The van der Waals surface area contributed by atoms with Gasteiger partial charge in [0.1, 0.15) is 12.9 Å². The number of aryl methyl sites for hydroxylation is 1. The molecule has 0 saturated heterocycles. The van der Waals surface area contributed by atoms with Crippen LogP contribution < -0.4 is 4.74 Å². The minimum absolute atomic E-state index is 0.441. The summed E-state index contributed by atoms with van der Waals surface area (Å²) in [7, 11) is 1.47. The first-order valence-electron chi connectivity index (χ1n) is 7.24. The molecule has 23 heavy (non-hydrogen) atoms. The summed E-state index contributed by atoms with van der Waals surface area (Å²) in [4.78, 5) is 16.8. The fraction of sp³-hybridized carbons (Fsp3) is 0.158. The molecule has 0 heterocycles. The number of esters is 1. The van der Waals surface area contributed by atoms with Gasteiger partial charge < -0.3 is 9.57 Å². The lowest BCUT2D eigenvalue weighted by Crippen LogP contribution is -2.08. The predicted molar refractivity (Wildman–Crippen MR) is 91.5 cm³/mol. The molecular weight excluding hydrogens is 290 g/mol. The Bertz CT molecular complexity index is 731. The van der Waals surface area contributed by atoms with Crippen LogP contribution in [0.2, 0.25) is 0 Å². The van der Waals surface area contributed by atoms with Crippen molar-refractivity contribution in [3.05, 3.63) is 71.3 Å². The largest absolute Gasteiger partial charge is 0.423 e. The lowest BCUT2D eigenvalue weighted by atomic mass is 10.1. The van der Waals surface area contributed by atoms with E-state index in [0.717, 1.165) is 5.56 Å². The molecule has 0 aromatic heterocycles. The van der Waals surface area contributed by atoms with Gasteiger partial charge in [-0.1, -0.05) is 47.1 Å². The molecule has 0 aliphatic rings. The Balaban J connectivity index is 2.11. The summed E-state index contributed by atoms with van der Waals surface area (Å²) < 4.78 is 5.40. The molecule has 0 radical (unpaired) electrons. The summed E-state index contributed by atoms with van der Waals surface area (Å²) in [5, 5.41) is 3.87. The average molecular weight is 309 g/mol. The van der Waals surface area contributed by atoms with E-state index in [1.54, 1.807) is 25.1 Å². The summed E-state index contributed by atoms with van der Waals surface area (Å²) in [6.45, 7) is 3.81. The van der Waals surface area contributed by atoms with Crippen LogP contribution >= 0.6 is 0 Å². The number of carbonyl (C=O) groups is 1. The highest BCUT2D eigenvalue weighted by Gasteiger charge is 2.09. The molecule has 0 aliphatic carbocycles. The maximum absolute atomic E-state index is 12.0. The molecule has 0 unspecified atom stereocenters. The van der Waals surface area contributed by atoms with E-state index in [0.29, 0.717) is 17.0 Å². The second kappa shape index (κ2) is 7.94. The van der Waals surface area contributed by atoms with E-state index in [-0.39, 0.29) is 0 Å². The highest BCUT2D eigenvalue weighted by Crippen LogP contribution is 2.19. The van der Waals surface area contributed by atoms with E-state index in [1.165, 1.54) is 18.7 Å². The van der Waals surface area contributed by atoms with E-state index in [9.17, 15) is 4.79 Å². The first-order chi connectivity index (χ1) is 11.1. The molecule has 4 nitrogen and oxygen atoms in total. The van der Waals surface area contributed by atoms with Gasteiger partial charge in [-0.2, -0.15) is 0 Å². The van der Waals surface area contributed by atoms with Crippen LogP contribution in [0.25, 0.3) is 6.08 Å². The van der Waals surface area contributed by atoms with Gasteiger partial charge in [-0.25, -0.2) is 4.79 Å². The van der Waals surface area contributed by atoms with Crippen molar-refractivity contribution < 1.29 is 14.4 Å². The molecule has 0 saturated carbocycles. The zero-order valence-electron chi connectivity index (χ0n) is 13.4. The fourth-order valence-electron chi connectivity index (χ4n) is 2.02. The van der Waals surface area contributed by atoms with Crippen LogP contribution in [0.4, 0.5) is 0 Å². The highest BCUT2D eigenvalue weighted by atomic mass is 16.6. The molecule has 4 heteroatoms. The zero-order valence-corrected chi connectivity index (χ0v) is 13.4. The monoisotopic (exact) mass is 309 g/mol. The van der Waals surface area contributed by atoms with Gasteiger partial charge in [0.25, 0.3) is 0 Å². The van der Waals surface area contributed by atoms with Crippen molar-refractivity contribution in [3.63, 3.8) is 0 Å². The average Bonchev–Trinajstić information content (AvgIpc) is 2.55. The van der Waals surface area contributed by atoms with Gasteiger partial charge in [-0.3, -0.25) is 0 Å². The number of ether oxygens (including phenoxy) is 1. The number of para-hydroxylation sites is 1. The Morgan fingerprint density at radius 1 is 1.09 bits per heavy atom. The second-order valence-electron chi connectivity index (χ2n) is 5.02. The van der Waals surface area contributed by atoms with Crippen molar-refractivity contribution in [2.24, 2.45) is 5.16 Å². The summed E-state index contributed by atoms with van der Waals surface area (Å²) in [6.07, 6.45) is 3.13. The number of nitrogens with zero attached hydrogens (tertiary/aromatic N) is 1. The van der Waals surface area contributed by atoms with Crippen LogP contribution in [0.15, 0.2) is 59.8 Å². The summed E-state index contributed by atoms with van der Waals surface area (Å²) in [6, 6.07) is 15.1. The first kappa shape index (κ1) is 16.5. The van der Waals surface area contributed by atoms with E-state index < -0.39 is 5.97 Å². The fourth-order valence-corrected chi connectivity index (χ4v) is 2.02. The van der Waals surface area contributed by atoms with Crippen LogP contribution in [0.1, 0.15) is 23.6 Å². The Kier molecular flexibility index (Phi) is 5.69. The van der Waals surface area contributed by atoms with Crippen LogP contribution in [0, 0.1) is 6.92 Å². The second-order valence-corrected chi connectivity index (χ2v) is 5.02. The van der Waals surface area contributed by atoms with Crippen molar-refractivity contribution in [2.75, 3.05) is 7.11 Å². The molecule has 0 amide bonds. The van der Waals surface area contributed by atoms with Crippen molar-refractivity contribution in [1.29, 1.82) is 0 Å². The van der Waals surface area contributed by atoms with Crippen LogP contribution in [0.5, 0.6) is 5.75 Å².